The van der Waals surface area contributed by atoms with Gasteiger partial charge in [-0.1, -0.05) is 20.8 Å². The predicted octanol–water partition coefficient (Wildman–Crippen LogP) is -0.0475. The summed E-state index contributed by atoms with van der Waals surface area (Å²) in [5, 5.41) is 11.4. The van der Waals surface area contributed by atoms with Gasteiger partial charge in [0.1, 0.15) is 6.04 Å². The molecule has 0 heterocycles. The molecule has 0 rings (SSSR count). The third-order valence-electron chi connectivity index (χ3n) is 2.07. The highest BCUT2D eigenvalue weighted by atomic mass is 16.4. The molecular formula is C11H18N2O3. The Kier molecular flexibility index (Phi) is 4.99. The molecule has 0 saturated carbocycles. The first-order chi connectivity index (χ1) is 7.20. The van der Waals surface area contributed by atoms with E-state index in [4.69, 9.17) is 17.3 Å². The Morgan fingerprint density at radius 3 is 2.31 bits per heavy atom. The van der Waals surface area contributed by atoms with Crippen molar-refractivity contribution in [3.63, 3.8) is 0 Å². The van der Waals surface area contributed by atoms with E-state index in [9.17, 15) is 9.59 Å². The first-order valence-electron chi connectivity index (χ1n) is 4.92. The maximum atomic E-state index is 11.5. The molecule has 2 atom stereocenters. The molecule has 16 heavy (non-hydrogen) atoms. The number of carbonyl (C=O) groups is 2. The zero-order valence-electron chi connectivity index (χ0n) is 9.78. The van der Waals surface area contributed by atoms with E-state index in [1.165, 1.54) is 0 Å². The van der Waals surface area contributed by atoms with Crippen molar-refractivity contribution >= 4 is 11.9 Å². The Bertz CT molecular complexity index is 312. The lowest BCUT2D eigenvalue weighted by molar-refractivity contribution is -0.145. The average Bonchev–Trinajstić information content (AvgIpc) is 2.11. The number of carboxylic acids is 1. The largest absolute Gasteiger partial charge is 0.480 e. The third-order valence-corrected chi connectivity index (χ3v) is 2.07. The molecule has 0 spiro atoms. The molecule has 0 aliphatic heterocycles. The number of hydrogen-bond donors (Lipinski definition) is 3. The Hall–Kier alpha value is -1.54. The molecule has 0 aromatic rings. The zero-order valence-corrected chi connectivity index (χ0v) is 9.78. The molecule has 4 N–H and O–H groups in total. The lowest BCUT2D eigenvalue weighted by Crippen LogP contribution is -2.53. The number of carboxylic acid groups (broad SMARTS) is 1. The van der Waals surface area contributed by atoms with Crippen LogP contribution in [0.3, 0.4) is 0 Å². The number of nitrogens with two attached hydrogens (primary N) is 1. The zero-order chi connectivity index (χ0) is 12.9. The van der Waals surface area contributed by atoms with Gasteiger partial charge in [0, 0.05) is 6.42 Å². The molecule has 0 bridgehead atoms. The van der Waals surface area contributed by atoms with Crippen LogP contribution in [0.2, 0.25) is 0 Å². The van der Waals surface area contributed by atoms with Gasteiger partial charge in [-0.15, -0.1) is 12.3 Å². The minimum absolute atomic E-state index is 0.0856. The molecule has 0 aliphatic rings. The summed E-state index contributed by atoms with van der Waals surface area (Å²) in [4.78, 5) is 22.5. The van der Waals surface area contributed by atoms with Gasteiger partial charge >= 0.3 is 5.97 Å². The summed E-state index contributed by atoms with van der Waals surface area (Å²) in [6.07, 6.45) is 5.10. The molecule has 5 nitrogen and oxygen atoms in total. The number of nitrogens with one attached hydrogen (secondary N) is 1. The van der Waals surface area contributed by atoms with E-state index >= 15 is 0 Å². The number of amides is 1. The number of aliphatic carboxylic acids is 1. The van der Waals surface area contributed by atoms with Gasteiger partial charge in [0.15, 0.2) is 0 Å². The lowest BCUT2D eigenvalue weighted by Gasteiger charge is -2.28. The van der Waals surface area contributed by atoms with Crippen LogP contribution in [0, 0.1) is 17.8 Å². The van der Waals surface area contributed by atoms with Crippen molar-refractivity contribution in [2.45, 2.75) is 39.3 Å². The van der Waals surface area contributed by atoms with Gasteiger partial charge in [-0.05, 0) is 5.41 Å². The van der Waals surface area contributed by atoms with Crippen LogP contribution in [0.4, 0.5) is 0 Å². The van der Waals surface area contributed by atoms with Gasteiger partial charge in [-0.3, -0.25) is 4.79 Å². The highest BCUT2D eigenvalue weighted by molar-refractivity contribution is 5.87. The van der Waals surface area contributed by atoms with Gasteiger partial charge < -0.3 is 16.2 Å². The van der Waals surface area contributed by atoms with Crippen molar-refractivity contribution < 1.29 is 14.7 Å². The van der Waals surface area contributed by atoms with Crippen molar-refractivity contribution in [2.75, 3.05) is 0 Å². The van der Waals surface area contributed by atoms with Crippen LogP contribution in [0.25, 0.3) is 0 Å². The van der Waals surface area contributed by atoms with Crippen LogP contribution in [-0.4, -0.2) is 29.1 Å². The molecule has 1 unspecified atom stereocenters. The lowest BCUT2D eigenvalue weighted by atomic mass is 9.86. The van der Waals surface area contributed by atoms with Crippen LogP contribution in [0.15, 0.2) is 0 Å². The molecule has 0 fully saturated rings. The topological polar surface area (TPSA) is 92.4 Å². The number of rotatable bonds is 4. The Labute approximate surface area is 95.4 Å². The van der Waals surface area contributed by atoms with Crippen molar-refractivity contribution in [3.8, 4) is 12.3 Å². The minimum Gasteiger partial charge on any atom is -0.480 e. The Balaban J connectivity index is 4.61. The second-order valence-corrected chi connectivity index (χ2v) is 4.66. The van der Waals surface area contributed by atoms with Crippen LogP contribution < -0.4 is 11.1 Å². The van der Waals surface area contributed by atoms with E-state index < -0.39 is 29.4 Å². The Morgan fingerprint density at radius 2 is 2.00 bits per heavy atom. The van der Waals surface area contributed by atoms with Crippen molar-refractivity contribution in [1.82, 2.24) is 5.32 Å². The summed E-state index contributed by atoms with van der Waals surface area (Å²) in [5.74, 6) is 0.626. The minimum atomic E-state index is -1.09. The number of terminal acetylenes is 1. The van der Waals surface area contributed by atoms with E-state index in [0.717, 1.165) is 0 Å². The summed E-state index contributed by atoms with van der Waals surface area (Å²) < 4.78 is 0. The quantitative estimate of drug-likeness (QED) is 0.586. The molecule has 90 valence electrons. The van der Waals surface area contributed by atoms with E-state index in [2.05, 4.69) is 11.2 Å². The predicted molar refractivity (Wildman–Crippen MR) is 60.4 cm³/mol. The third kappa shape index (κ3) is 4.32. The first-order valence-corrected chi connectivity index (χ1v) is 4.92. The normalized spacial score (nSPS) is 14.7. The molecule has 0 radical (unpaired) electrons. The van der Waals surface area contributed by atoms with Gasteiger partial charge in [0.2, 0.25) is 5.91 Å². The summed E-state index contributed by atoms with van der Waals surface area (Å²) in [6.45, 7) is 5.16. The van der Waals surface area contributed by atoms with Gasteiger partial charge in [0.25, 0.3) is 0 Å². The maximum absolute atomic E-state index is 11.5. The fraction of sp³-hybridized carbons (Fsp3) is 0.636. The van der Waals surface area contributed by atoms with Crippen LogP contribution in [-0.2, 0) is 9.59 Å². The van der Waals surface area contributed by atoms with Gasteiger partial charge in [-0.2, -0.15) is 0 Å². The monoisotopic (exact) mass is 226 g/mol. The molecular weight excluding hydrogens is 208 g/mol. The highest BCUT2D eigenvalue weighted by Gasteiger charge is 2.33. The molecule has 0 aromatic heterocycles. The van der Waals surface area contributed by atoms with Gasteiger partial charge in [0.05, 0.1) is 6.04 Å². The SMILES string of the molecule is C#CCC(N)C(=O)N[C@H](C(=O)O)C(C)(C)C. The number of carbonyl (C=O) groups excluding carboxylic acids is 1. The fourth-order valence-electron chi connectivity index (χ4n) is 1.12. The molecule has 1 amide bonds. The smallest absolute Gasteiger partial charge is 0.326 e. The standard InChI is InChI=1S/C11H18N2O3/c1-5-6-7(12)9(14)13-8(10(15)16)11(2,3)4/h1,7-8H,6,12H2,2-4H3,(H,13,14)(H,15,16)/t7?,8-/m1/s1. The second-order valence-electron chi connectivity index (χ2n) is 4.66. The Morgan fingerprint density at radius 1 is 1.50 bits per heavy atom. The number of hydrogen-bond acceptors (Lipinski definition) is 3. The summed E-state index contributed by atoms with van der Waals surface area (Å²) in [5.41, 5.74) is 4.89. The van der Waals surface area contributed by atoms with Crippen molar-refractivity contribution in [3.05, 3.63) is 0 Å². The van der Waals surface area contributed by atoms with Crippen LogP contribution in [0.5, 0.6) is 0 Å². The second kappa shape index (κ2) is 5.52. The van der Waals surface area contributed by atoms with E-state index in [1.807, 2.05) is 0 Å². The van der Waals surface area contributed by atoms with Crippen molar-refractivity contribution in [2.24, 2.45) is 11.1 Å². The van der Waals surface area contributed by atoms with E-state index in [-0.39, 0.29) is 6.42 Å². The molecule has 0 aromatic carbocycles. The molecule has 0 saturated heterocycles. The first kappa shape index (κ1) is 14.5. The average molecular weight is 226 g/mol. The van der Waals surface area contributed by atoms with E-state index in [0.29, 0.717) is 0 Å². The van der Waals surface area contributed by atoms with Crippen LogP contribution >= 0.6 is 0 Å². The maximum Gasteiger partial charge on any atom is 0.326 e. The molecule has 0 aliphatic carbocycles. The van der Waals surface area contributed by atoms with E-state index in [1.54, 1.807) is 20.8 Å². The fourth-order valence-corrected chi connectivity index (χ4v) is 1.12. The van der Waals surface area contributed by atoms with Crippen LogP contribution in [0.1, 0.15) is 27.2 Å². The summed E-state index contributed by atoms with van der Waals surface area (Å²) >= 11 is 0. The van der Waals surface area contributed by atoms with Crippen molar-refractivity contribution in [1.29, 1.82) is 0 Å². The highest BCUT2D eigenvalue weighted by Crippen LogP contribution is 2.19. The van der Waals surface area contributed by atoms with Gasteiger partial charge in [-0.25, -0.2) is 4.79 Å². The summed E-state index contributed by atoms with van der Waals surface area (Å²) in [6, 6.07) is -1.85. The molecule has 5 heteroatoms. The summed E-state index contributed by atoms with van der Waals surface area (Å²) in [7, 11) is 0.